The molecule has 2 N–H and O–H groups in total. The van der Waals surface area contributed by atoms with Gasteiger partial charge >= 0.3 is 0 Å². The van der Waals surface area contributed by atoms with Gasteiger partial charge in [-0.2, -0.15) is 5.26 Å². The van der Waals surface area contributed by atoms with Gasteiger partial charge in [0.2, 0.25) is 0 Å². The summed E-state index contributed by atoms with van der Waals surface area (Å²) in [5.41, 5.74) is 7.66. The third kappa shape index (κ3) is 2.11. The Labute approximate surface area is 90.1 Å². The fourth-order valence-electron chi connectivity index (χ4n) is 1.98. The average molecular weight is 201 g/mol. The van der Waals surface area contributed by atoms with Gasteiger partial charge in [-0.3, -0.25) is 0 Å². The van der Waals surface area contributed by atoms with Crippen molar-refractivity contribution in [1.82, 2.24) is 0 Å². The molecule has 0 unspecified atom stereocenters. The summed E-state index contributed by atoms with van der Waals surface area (Å²) in [6.07, 6.45) is 2.03. The molecule has 0 saturated carbocycles. The zero-order chi connectivity index (χ0) is 10.7. The van der Waals surface area contributed by atoms with E-state index in [0.29, 0.717) is 6.04 Å². The number of anilines is 1. The van der Waals surface area contributed by atoms with Crippen molar-refractivity contribution in [2.75, 3.05) is 18.0 Å². The topological polar surface area (TPSA) is 53.0 Å². The summed E-state index contributed by atoms with van der Waals surface area (Å²) in [4.78, 5) is 2.25. The van der Waals surface area contributed by atoms with Crippen molar-refractivity contribution < 1.29 is 0 Å². The molecule has 3 nitrogen and oxygen atoms in total. The van der Waals surface area contributed by atoms with Crippen LogP contribution in [0.25, 0.3) is 0 Å². The molecule has 1 aromatic carbocycles. The summed E-state index contributed by atoms with van der Waals surface area (Å²) in [5.74, 6) is 0. The number of hydrogen-bond donors (Lipinski definition) is 1. The number of nitriles is 1. The molecule has 0 radical (unpaired) electrons. The summed E-state index contributed by atoms with van der Waals surface area (Å²) in [6.45, 7) is 1.92. The molecule has 0 aromatic heterocycles. The maximum atomic E-state index is 9.00. The van der Waals surface area contributed by atoms with Crippen LogP contribution in [-0.2, 0) is 0 Å². The van der Waals surface area contributed by atoms with E-state index < -0.39 is 0 Å². The van der Waals surface area contributed by atoms with E-state index in [9.17, 15) is 0 Å². The van der Waals surface area contributed by atoms with E-state index in [4.69, 9.17) is 11.0 Å². The minimum absolute atomic E-state index is 0.329. The fourth-order valence-corrected chi connectivity index (χ4v) is 1.98. The van der Waals surface area contributed by atoms with Gasteiger partial charge in [-0.15, -0.1) is 0 Å². The lowest BCUT2D eigenvalue weighted by atomic mass is 10.0. The van der Waals surface area contributed by atoms with Crippen molar-refractivity contribution in [2.24, 2.45) is 5.73 Å². The standard InChI is InChI=1S/C12H15N3/c13-9-10-3-1-2-4-12(10)15-7-5-11(14)6-8-15/h1-4,11H,5-8,14H2. The van der Waals surface area contributed by atoms with E-state index in [1.807, 2.05) is 24.3 Å². The van der Waals surface area contributed by atoms with Gasteiger partial charge in [0.25, 0.3) is 0 Å². The monoisotopic (exact) mass is 201 g/mol. The molecule has 15 heavy (non-hydrogen) atoms. The smallest absolute Gasteiger partial charge is 0.101 e. The lowest BCUT2D eigenvalue weighted by molar-refractivity contribution is 0.501. The Morgan fingerprint density at radius 1 is 1.27 bits per heavy atom. The van der Waals surface area contributed by atoms with E-state index >= 15 is 0 Å². The number of para-hydroxylation sites is 1. The van der Waals surface area contributed by atoms with Crippen molar-refractivity contribution in [1.29, 1.82) is 5.26 Å². The molecule has 1 aliphatic rings. The van der Waals surface area contributed by atoms with Crippen molar-refractivity contribution in [3.05, 3.63) is 29.8 Å². The van der Waals surface area contributed by atoms with Crippen molar-refractivity contribution in [3.8, 4) is 6.07 Å². The van der Waals surface area contributed by atoms with Crippen LogP contribution in [-0.4, -0.2) is 19.1 Å². The Hall–Kier alpha value is -1.53. The summed E-state index contributed by atoms with van der Waals surface area (Å²) in [6, 6.07) is 10.3. The molecule has 1 fully saturated rings. The number of rotatable bonds is 1. The van der Waals surface area contributed by atoms with Gasteiger partial charge in [0.1, 0.15) is 6.07 Å². The first-order valence-corrected chi connectivity index (χ1v) is 5.31. The highest BCUT2D eigenvalue weighted by Crippen LogP contribution is 2.22. The van der Waals surface area contributed by atoms with E-state index in [1.54, 1.807) is 0 Å². The van der Waals surface area contributed by atoms with Gasteiger partial charge in [0.05, 0.1) is 11.3 Å². The van der Waals surface area contributed by atoms with Crippen LogP contribution in [0.15, 0.2) is 24.3 Å². The highest BCUT2D eigenvalue weighted by Gasteiger charge is 2.17. The maximum absolute atomic E-state index is 9.00. The van der Waals surface area contributed by atoms with Crippen molar-refractivity contribution >= 4 is 5.69 Å². The molecule has 78 valence electrons. The van der Waals surface area contributed by atoms with Gasteiger partial charge in [0, 0.05) is 19.1 Å². The van der Waals surface area contributed by atoms with Crippen molar-refractivity contribution in [2.45, 2.75) is 18.9 Å². The third-order valence-corrected chi connectivity index (χ3v) is 2.90. The molecular weight excluding hydrogens is 186 g/mol. The zero-order valence-corrected chi connectivity index (χ0v) is 8.69. The highest BCUT2D eigenvalue weighted by atomic mass is 15.1. The normalized spacial score (nSPS) is 17.5. The number of nitrogens with two attached hydrogens (primary N) is 1. The number of piperidine rings is 1. The minimum Gasteiger partial charge on any atom is -0.370 e. The first-order valence-electron chi connectivity index (χ1n) is 5.31. The van der Waals surface area contributed by atoms with Crippen LogP contribution >= 0.6 is 0 Å². The molecule has 1 heterocycles. The highest BCUT2D eigenvalue weighted by molar-refractivity contribution is 5.59. The molecule has 0 spiro atoms. The SMILES string of the molecule is N#Cc1ccccc1N1CCC(N)CC1. The first kappa shape index (κ1) is 10.0. The summed E-state index contributed by atoms with van der Waals surface area (Å²) in [5, 5.41) is 9.00. The molecule has 0 atom stereocenters. The number of nitrogens with zero attached hydrogens (tertiary/aromatic N) is 2. The lowest BCUT2D eigenvalue weighted by Gasteiger charge is -2.32. The van der Waals surface area contributed by atoms with Gasteiger partial charge in [-0.1, -0.05) is 12.1 Å². The van der Waals surface area contributed by atoms with Gasteiger partial charge in [-0.05, 0) is 25.0 Å². The Bertz CT molecular complexity index is 373. The van der Waals surface area contributed by atoms with Gasteiger partial charge in [-0.25, -0.2) is 0 Å². The van der Waals surface area contributed by atoms with E-state index in [-0.39, 0.29) is 0 Å². The van der Waals surface area contributed by atoms with E-state index in [1.165, 1.54) is 0 Å². The van der Waals surface area contributed by atoms with Crippen LogP contribution in [0, 0.1) is 11.3 Å². The second-order valence-corrected chi connectivity index (χ2v) is 3.95. The van der Waals surface area contributed by atoms with Crippen LogP contribution in [0.4, 0.5) is 5.69 Å². The molecule has 1 aromatic rings. The second-order valence-electron chi connectivity index (χ2n) is 3.95. The molecule has 0 bridgehead atoms. The quantitative estimate of drug-likeness (QED) is 0.749. The Balaban J connectivity index is 2.19. The maximum Gasteiger partial charge on any atom is 0.101 e. The molecule has 0 amide bonds. The Morgan fingerprint density at radius 3 is 2.60 bits per heavy atom. The Morgan fingerprint density at radius 2 is 1.93 bits per heavy atom. The molecule has 2 rings (SSSR count). The molecule has 0 aliphatic carbocycles. The van der Waals surface area contributed by atoms with Gasteiger partial charge < -0.3 is 10.6 Å². The zero-order valence-electron chi connectivity index (χ0n) is 8.69. The average Bonchev–Trinajstić information content (AvgIpc) is 2.30. The lowest BCUT2D eigenvalue weighted by Crippen LogP contribution is -2.39. The van der Waals surface area contributed by atoms with Crippen LogP contribution in [0.1, 0.15) is 18.4 Å². The molecule has 1 aliphatic heterocycles. The predicted octanol–water partition coefficient (Wildman–Crippen LogP) is 1.49. The summed E-state index contributed by atoms with van der Waals surface area (Å²) < 4.78 is 0. The molecular formula is C12H15N3. The van der Waals surface area contributed by atoms with E-state index in [2.05, 4.69) is 11.0 Å². The molecule has 3 heteroatoms. The number of hydrogen-bond acceptors (Lipinski definition) is 3. The summed E-state index contributed by atoms with van der Waals surface area (Å²) >= 11 is 0. The van der Waals surface area contributed by atoms with Crippen molar-refractivity contribution in [3.63, 3.8) is 0 Å². The minimum atomic E-state index is 0.329. The van der Waals surface area contributed by atoms with E-state index in [0.717, 1.165) is 37.2 Å². The Kier molecular flexibility index (Phi) is 2.89. The summed E-state index contributed by atoms with van der Waals surface area (Å²) in [7, 11) is 0. The van der Waals surface area contributed by atoms with Crippen LogP contribution in [0.5, 0.6) is 0 Å². The first-order chi connectivity index (χ1) is 7.31. The third-order valence-electron chi connectivity index (χ3n) is 2.90. The second kappa shape index (κ2) is 4.33. The molecule has 1 saturated heterocycles. The predicted molar refractivity (Wildman–Crippen MR) is 60.6 cm³/mol. The fraction of sp³-hybridized carbons (Fsp3) is 0.417. The van der Waals surface area contributed by atoms with Crippen LogP contribution in [0.3, 0.4) is 0 Å². The van der Waals surface area contributed by atoms with Crippen LogP contribution < -0.4 is 10.6 Å². The van der Waals surface area contributed by atoms with Gasteiger partial charge in [0.15, 0.2) is 0 Å². The number of benzene rings is 1. The van der Waals surface area contributed by atoms with Crippen LogP contribution in [0.2, 0.25) is 0 Å². The largest absolute Gasteiger partial charge is 0.370 e.